The van der Waals surface area contributed by atoms with E-state index in [4.69, 9.17) is 0 Å². The van der Waals surface area contributed by atoms with Gasteiger partial charge in [-0.1, -0.05) is 78.5 Å². The zero-order valence-electron chi connectivity index (χ0n) is 13.2. The molecule has 118 valence electrons. The average molecular weight is 347 g/mol. The Balaban J connectivity index is 0.000000143. The monoisotopic (exact) mass is 346 g/mol. The molecule has 4 rings (SSSR count). The van der Waals surface area contributed by atoms with Gasteiger partial charge in [0.05, 0.1) is 0 Å². The molecule has 24 heavy (non-hydrogen) atoms. The zero-order valence-corrected chi connectivity index (χ0v) is 14.8. The minimum absolute atomic E-state index is 1.29. The van der Waals surface area contributed by atoms with Gasteiger partial charge < -0.3 is 0 Å². The average Bonchev–Trinajstić information content (AvgIpc) is 3.20. The van der Waals surface area contributed by atoms with E-state index >= 15 is 0 Å². The van der Waals surface area contributed by atoms with Gasteiger partial charge in [0.15, 0.2) is 0 Å². The minimum Gasteiger partial charge on any atom is -0.152 e. The SMILES string of the molecule is c1ccc(-c2ccsc2)cc1.c1ccc(Sc2ccccc2)cc1. The first-order valence-electron chi connectivity index (χ1n) is 7.77. The Morgan fingerprint density at radius 3 is 1.46 bits per heavy atom. The molecule has 0 saturated heterocycles. The molecule has 0 N–H and O–H groups in total. The number of benzene rings is 3. The fourth-order valence-corrected chi connectivity index (χ4v) is 3.70. The fourth-order valence-electron chi connectivity index (χ4n) is 2.17. The molecule has 0 spiro atoms. The molecule has 0 aliphatic rings. The molecule has 0 fully saturated rings. The van der Waals surface area contributed by atoms with Gasteiger partial charge in [0.25, 0.3) is 0 Å². The van der Waals surface area contributed by atoms with Gasteiger partial charge >= 0.3 is 0 Å². The Morgan fingerprint density at radius 2 is 1.00 bits per heavy atom. The predicted octanol–water partition coefficient (Wildman–Crippen LogP) is 7.25. The van der Waals surface area contributed by atoms with E-state index in [9.17, 15) is 0 Å². The Kier molecular flexibility index (Phi) is 6.29. The van der Waals surface area contributed by atoms with Crippen LogP contribution in [-0.2, 0) is 0 Å². The van der Waals surface area contributed by atoms with Crippen LogP contribution in [0.2, 0.25) is 0 Å². The van der Waals surface area contributed by atoms with Gasteiger partial charge in [-0.25, -0.2) is 0 Å². The van der Waals surface area contributed by atoms with E-state index in [1.54, 1.807) is 23.1 Å². The van der Waals surface area contributed by atoms with Crippen molar-refractivity contribution in [2.75, 3.05) is 0 Å². The third-order valence-corrected chi connectivity index (χ3v) is 5.05. The highest BCUT2D eigenvalue weighted by Gasteiger charge is 1.94. The molecule has 4 aromatic rings. The number of hydrogen-bond acceptors (Lipinski definition) is 2. The van der Waals surface area contributed by atoms with E-state index in [0.29, 0.717) is 0 Å². The van der Waals surface area contributed by atoms with Crippen molar-refractivity contribution in [3.05, 3.63) is 108 Å². The Bertz CT molecular complexity index is 770. The lowest BCUT2D eigenvalue weighted by Gasteiger charge is -1.99. The second-order valence-electron chi connectivity index (χ2n) is 5.11. The molecule has 0 unspecified atom stereocenters. The number of rotatable bonds is 3. The molecule has 0 aliphatic carbocycles. The highest BCUT2D eigenvalue weighted by molar-refractivity contribution is 7.99. The van der Waals surface area contributed by atoms with Crippen molar-refractivity contribution in [3.63, 3.8) is 0 Å². The highest BCUT2D eigenvalue weighted by Crippen LogP contribution is 2.26. The summed E-state index contributed by atoms with van der Waals surface area (Å²) in [5.41, 5.74) is 2.62. The first-order valence-corrected chi connectivity index (χ1v) is 9.53. The lowest BCUT2D eigenvalue weighted by molar-refractivity contribution is 1.41. The summed E-state index contributed by atoms with van der Waals surface area (Å²) in [5, 5.41) is 4.26. The molecule has 1 heterocycles. The Hall–Kier alpha value is -2.29. The lowest BCUT2D eigenvalue weighted by atomic mass is 10.1. The summed E-state index contributed by atoms with van der Waals surface area (Å²) >= 11 is 3.52. The van der Waals surface area contributed by atoms with Gasteiger partial charge in [0.1, 0.15) is 0 Å². The summed E-state index contributed by atoms with van der Waals surface area (Å²) in [6.45, 7) is 0. The van der Waals surface area contributed by atoms with Gasteiger partial charge in [0.2, 0.25) is 0 Å². The summed E-state index contributed by atoms with van der Waals surface area (Å²) in [4.78, 5) is 2.57. The summed E-state index contributed by atoms with van der Waals surface area (Å²) in [7, 11) is 0. The topological polar surface area (TPSA) is 0 Å². The van der Waals surface area contributed by atoms with E-state index in [1.165, 1.54) is 20.9 Å². The van der Waals surface area contributed by atoms with Crippen LogP contribution in [0.15, 0.2) is 118 Å². The molecule has 3 aromatic carbocycles. The number of hydrogen-bond donors (Lipinski definition) is 0. The maximum absolute atomic E-state index is 2.16. The summed E-state index contributed by atoms with van der Waals surface area (Å²) in [6.07, 6.45) is 0. The molecule has 1 aromatic heterocycles. The second-order valence-corrected chi connectivity index (χ2v) is 7.03. The maximum Gasteiger partial charge on any atom is 0.0122 e. The standard InChI is InChI=1S/C12H10S.C10H8S/c1-3-7-11(8-4-1)13-12-9-5-2-6-10-12;1-2-4-9(5-3-1)10-6-7-11-8-10/h1-10H;1-8H. The van der Waals surface area contributed by atoms with Crippen LogP contribution in [0.5, 0.6) is 0 Å². The maximum atomic E-state index is 2.16. The van der Waals surface area contributed by atoms with Gasteiger partial charge in [0, 0.05) is 9.79 Å². The van der Waals surface area contributed by atoms with Crippen molar-refractivity contribution in [2.24, 2.45) is 0 Å². The Morgan fingerprint density at radius 1 is 0.500 bits per heavy atom. The van der Waals surface area contributed by atoms with E-state index in [2.05, 4.69) is 89.6 Å². The van der Waals surface area contributed by atoms with E-state index in [0.717, 1.165) is 0 Å². The molecule has 0 atom stereocenters. The molecule has 0 radical (unpaired) electrons. The van der Waals surface area contributed by atoms with Crippen LogP contribution in [0.25, 0.3) is 11.1 Å². The van der Waals surface area contributed by atoms with Crippen molar-refractivity contribution in [1.82, 2.24) is 0 Å². The van der Waals surface area contributed by atoms with Crippen LogP contribution in [0.1, 0.15) is 0 Å². The zero-order chi connectivity index (χ0) is 16.5. The van der Waals surface area contributed by atoms with Crippen molar-refractivity contribution < 1.29 is 0 Å². The number of thiophene rings is 1. The quantitative estimate of drug-likeness (QED) is 0.376. The predicted molar refractivity (Wildman–Crippen MR) is 107 cm³/mol. The van der Waals surface area contributed by atoms with E-state index in [1.807, 2.05) is 18.2 Å². The van der Waals surface area contributed by atoms with Crippen LogP contribution in [0.3, 0.4) is 0 Å². The van der Waals surface area contributed by atoms with E-state index < -0.39 is 0 Å². The molecule has 0 aliphatic heterocycles. The van der Waals surface area contributed by atoms with Crippen LogP contribution >= 0.6 is 23.1 Å². The minimum atomic E-state index is 1.29. The van der Waals surface area contributed by atoms with Crippen LogP contribution in [0, 0.1) is 0 Å². The Labute approximate surface area is 151 Å². The first-order chi connectivity index (χ1) is 11.9. The molecule has 0 saturated carbocycles. The summed E-state index contributed by atoms with van der Waals surface area (Å²) < 4.78 is 0. The van der Waals surface area contributed by atoms with Crippen LogP contribution in [-0.4, -0.2) is 0 Å². The smallest absolute Gasteiger partial charge is 0.0122 e. The highest BCUT2D eigenvalue weighted by atomic mass is 32.2. The van der Waals surface area contributed by atoms with Crippen LogP contribution in [0.4, 0.5) is 0 Å². The van der Waals surface area contributed by atoms with Crippen molar-refractivity contribution in [1.29, 1.82) is 0 Å². The summed E-state index contributed by atoms with van der Waals surface area (Å²) in [5.74, 6) is 0. The normalized spacial score (nSPS) is 9.83. The largest absolute Gasteiger partial charge is 0.152 e. The van der Waals surface area contributed by atoms with Gasteiger partial charge in [-0.2, -0.15) is 11.3 Å². The van der Waals surface area contributed by atoms with Gasteiger partial charge in [-0.3, -0.25) is 0 Å². The summed E-state index contributed by atoms with van der Waals surface area (Å²) in [6, 6.07) is 33.4. The molecular weight excluding hydrogens is 328 g/mol. The van der Waals surface area contributed by atoms with Gasteiger partial charge in [-0.05, 0) is 52.2 Å². The van der Waals surface area contributed by atoms with Crippen LogP contribution < -0.4 is 0 Å². The molecular formula is C22H18S2. The third-order valence-electron chi connectivity index (χ3n) is 3.35. The van der Waals surface area contributed by atoms with Crippen molar-refractivity contribution >= 4 is 23.1 Å². The first kappa shape index (κ1) is 16.6. The molecule has 2 heteroatoms. The van der Waals surface area contributed by atoms with E-state index in [-0.39, 0.29) is 0 Å². The fraction of sp³-hybridized carbons (Fsp3) is 0. The second kappa shape index (κ2) is 9.11. The van der Waals surface area contributed by atoms with Gasteiger partial charge in [-0.15, -0.1) is 0 Å². The van der Waals surface area contributed by atoms with Crippen molar-refractivity contribution in [2.45, 2.75) is 9.79 Å². The lowest BCUT2D eigenvalue weighted by Crippen LogP contribution is -1.70. The molecule has 0 amide bonds. The molecule has 0 nitrogen and oxygen atoms in total. The molecule has 0 bridgehead atoms. The van der Waals surface area contributed by atoms with Crippen molar-refractivity contribution in [3.8, 4) is 11.1 Å². The third kappa shape index (κ3) is 5.12.